The Kier molecular flexibility index (Phi) is 3.40. The lowest BCUT2D eigenvalue weighted by atomic mass is 10.1. The maximum atomic E-state index is 3.79. The molecular weight excluding hydrogens is 220 g/mol. The second kappa shape index (κ2) is 5.02. The van der Waals surface area contributed by atoms with Crippen LogP contribution in [0.25, 0.3) is 0 Å². The van der Waals surface area contributed by atoms with Gasteiger partial charge in [0, 0.05) is 31.2 Å². The predicted molar refractivity (Wildman–Crippen MR) is 75.7 cm³/mol. The molecule has 1 saturated carbocycles. The van der Waals surface area contributed by atoms with Gasteiger partial charge in [-0.2, -0.15) is 0 Å². The van der Waals surface area contributed by atoms with Crippen molar-refractivity contribution < 1.29 is 0 Å². The van der Waals surface area contributed by atoms with Gasteiger partial charge >= 0.3 is 0 Å². The Hall–Kier alpha value is -0.860. The fraction of sp³-hybridized carbons (Fsp3) is 0.625. The number of rotatable bonds is 4. The predicted octanol–water partition coefficient (Wildman–Crippen LogP) is 2.88. The molecule has 0 aromatic heterocycles. The van der Waals surface area contributed by atoms with Crippen LogP contribution >= 0.6 is 0 Å². The summed E-state index contributed by atoms with van der Waals surface area (Å²) in [7, 11) is 0. The van der Waals surface area contributed by atoms with Gasteiger partial charge in [0.25, 0.3) is 0 Å². The Morgan fingerprint density at radius 3 is 2.56 bits per heavy atom. The minimum atomic E-state index is 0.467. The molecule has 2 heteroatoms. The van der Waals surface area contributed by atoms with E-state index in [9.17, 15) is 0 Å². The summed E-state index contributed by atoms with van der Waals surface area (Å²) in [6.07, 6.45) is 4.17. The molecule has 98 valence electrons. The zero-order chi connectivity index (χ0) is 12.5. The molecule has 3 rings (SSSR count). The molecule has 2 nitrogen and oxygen atoms in total. The van der Waals surface area contributed by atoms with Crippen LogP contribution in [0, 0.1) is 6.92 Å². The lowest BCUT2D eigenvalue weighted by molar-refractivity contribution is 0.313. The van der Waals surface area contributed by atoms with Crippen molar-refractivity contribution in [3.05, 3.63) is 35.4 Å². The van der Waals surface area contributed by atoms with Gasteiger partial charge in [0.15, 0.2) is 0 Å². The number of hydrogen-bond acceptors (Lipinski definition) is 2. The van der Waals surface area contributed by atoms with Gasteiger partial charge in [0.1, 0.15) is 0 Å². The van der Waals surface area contributed by atoms with E-state index in [1.54, 1.807) is 0 Å². The summed E-state index contributed by atoms with van der Waals surface area (Å²) in [6, 6.07) is 11.0. The van der Waals surface area contributed by atoms with Gasteiger partial charge in [-0.05, 0) is 38.7 Å². The minimum Gasteiger partial charge on any atom is -0.306 e. The van der Waals surface area contributed by atoms with Crippen LogP contribution in [0.3, 0.4) is 0 Å². The Labute approximate surface area is 110 Å². The van der Waals surface area contributed by atoms with Gasteiger partial charge in [0.2, 0.25) is 0 Å². The Morgan fingerprint density at radius 2 is 1.89 bits per heavy atom. The smallest absolute Gasteiger partial charge is 0.0294 e. The first kappa shape index (κ1) is 12.2. The number of nitrogens with zero attached hydrogens (tertiary/aromatic N) is 1. The summed E-state index contributed by atoms with van der Waals surface area (Å²) in [6.45, 7) is 6.97. The standard InChI is InChI=1S/C16H24N2/c1-12-3-5-14(6-4-12)13(2)17-15-9-10-18(11-15)16-7-8-16/h3-6,13,15-17H,7-11H2,1-2H3. The van der Waals surface area contributed by atoms with Gasteiger partial charge in [0.05, 0.1) is 0 Å². The van der Waals surface area contributed by atoms with Crippen LogP contribution in [0.5, 0.6) is 0 Å². The molecule has 1 heterocycles. The average molecular weight is 244 g/mol. The first-order chi connectivity index (χ1) is 8.72. The van der Waals surface area contributed by atoms with Crippen LogP contribution in [0.4, 0.5) is 0 Å². The van der Waals surface area contributed by atoms with E-state index >= 15 is 0 Å². The number of benzene rings is 1. The largest absolute Gasteiger partial charge is 0.306 e. The van der Waals surface area contributed by atoms with E-state index in [2.05, 4.69) is 48.3 Å². The van der Waals surface area contributed by atoms with E-state index in [0.29, 0.717) is 12.1 Å². The molecule has 2 unspecified atom stereocenters. The molecule has 1 aromatic rings. The summed E-state index contributed by atoms with van der Waals surface area (Å²) >= 11 is 0. The van der Waals surface area contributed by atoms with Crippen molar-refractivity contribution >= 4 is 0 Å². The number of likely N-dealkylation sites (tertiary alicyclic amines) is 1. The molecule has 2 aliphatic rings. The first-order valence-corrected chi connectivity index (χ1v) is 7.29. The normalized spacial score (nSPS) is 26.4. The van der Waals surface area contributed by atoms with Gasteiger partial charge < -0.3 is 5.32 Å². The molecule has 0 radical (unpaired) electrons. The van der Waals surface area contributed by atoms with Gasteiger partial charge in [-0.3, -0.25) is 4.90 Å². The van der Waals surface area contributed by atoms with Gasteiger partial charge in [-0.15, -0.1) is 0 Å². The highest BCUT2D eigenvalue weighted by atomic mass is 15.2. The summed E-state index contributed by atoms with van der Waals surface area (Å²) in [4.78, 5) is 2.67. The monoisotopic (exact) mass is 244 g/mol. The first-order valence-electron chi connectivity index (χ1n) is 7.29. The Morgan fingerprint density at radius 1 is 1.17 bits per heavy atom. The average Bonchev–Trinajstić information content (AvgIpc) is 3.11. The zero-order valence-corrected chi connectivity index (χ0v) is 11.5. The van der Waals surface area contributed by atoms with Crippen molar-refractivity contribution in [1.82, 2.24) is 10.2 Å². The van der Waals surface area contributed by atoms with Crippen LogP contribution < -0.4 is 5.32 Å². The third kappa shape index (κ3) is 2.76. The molecule has 1 aromatic carbocycles. The van der Waals surface area contributed by atoms with Crippen molar-refractivity contribution in [2.75, 3.05) is 13.1 Å². The second-order valence-electron chi connectivity index (χ2n) is 6.01. The van der Waals surface area contributed by atoms with Crippen LogP contribution in [-0.4, -0.2) is 30.1 Å². The second-order valence-corrected chi connectivity index (χ2v) is 6.01. The fourth-order valence-electron chi connectivity index (χ4n) is 3.00. The van der Waals surface area contributed by atoms with Crippen LogP contribution in [0.1, 0.15) is 43.4 Å². The Balaban J connectivity index is 1.54. The Bertz CT molecular complexity index is 394. The quantitative estimate of drug-likeness (QED) is 0.876. The van der Waals surface area contributed by atoms with Crippen molar-refractivity contribution in [2.45, 2.75) is 51.2 Å². The molecule has 1 saturated heterocycles. The molecule has 0 amide bonds. The highest BCUT2D eigenvalue weighted by molar-refractivity contribution is 5.23. The summed E-state index contributed by atoms with van der Waals surface area (Å²) in [5, 5.41) is 3.79. The third-order valence-corrected chi connectivity index (χ3v) is 4.35. The third-order valence-electron chi connectivity index (χ3n) is 4.35. The van der Waals surface area contributed by atoms with Gasteiger partial charge in [-0.25, -0.2) is 0 Å². The highest BCUT2D eigenvalue weighted by Crippen LogP contribution is 2.30. The van der Waals surface area contributed by atoms with Crippen LogP contribution in [0.15, 0.2) is 24.3 Å². The van der Waals surface area contributed by atoms with E-state index in [1.807, 2.05) is 0 Å². The molecular formula is C16H24N2. The summed E-state index contributed by atoms with van der Waals surface area (Å²) in [5.41, 5.74) is 2.75. The molecule has 1 N–H and O–H groups in total. The van der Waals surface area contributed by atoms with Crippen molar-refractivity contribution in [2.24, 2.45) is 0 Å². The van der Waals surface area contributed by atoms with Crippen molar-refractivity contribution in [1.29, 1.82) is 0 Å². The van der Waals surface area contributed by atoms with E-state index in [-0.39, 0.29) is 0 Å². The van der Waals surface area contributed by atoms with E-state index < -0.39 is 0 Å². The van der Waals surface area contributed by atoms with Crippen molar-refractivity contribution in [3.8, 4) is 0 Å². The number of aryl methyl sites for hydroxylation is 1. The lowest BCUT2D eigenvalue weighted by Gasteiger charge is -2.21. The highest BCUT2D eigenvalue weighted by Gasteiger charge is 2.34. The molecule has 1 aliphatic heterocycles. The lowest BCUT2D eigenvalue weighted by Crippen LogP contribution is -2.34. The van der Waals surface area contributed by atoms with Crippen molar-refractivity contribution in [3.63, 3.8) is 0 Å². The van der Waals surface area contributed by atoms with E-state index in [1.165, 1.54) is 43.5 Å². The number of nitrogens with one attached hydrogen (secondary N) is 1. The number of hydrogen-bond donors (Lipinski definition) is 1. The maximum absolute atomic E-state index is 3.79. The fourth-order valence-corrected chi connectivity index (χ4v) is 3.00. The molecule has 2 atom stereocenters. The van der Waals surface area contributed by atoms with E-state index in [4.69, 9.17) is 0 Å². The summed E-state index contributed by atoms with van der Waals surface area (Å²) < 4.78 is 0. The molecule has 0 spiro atoms. The van der Waals surface area contributed by atoms with Crippen LogP contribution in [-0.2, 0) is 0 Å². The van der Waals surface area contributed by atoms with E-state index in [0.717, 1.165) is 6.04 Å². The van der Waals surface area contributed by atoms with Gasteiger partial charge in [-0.1, -0.05) is 29.8 Å². The molecule has 18 heavy (non-hydrogen) atoms. The molecule has 0 bridgehead atoms. The molecule has 2 fully saturated rings. The summed E-state index contributed by atoms with van der Waals surface area (Å²) in [5.74, 6) is 0. The molecule has 1 aliphatic carbocycles. The topological polar surface area (TPSA) is 15.3 Å². The van der Waals surface area contributed by atoms with Crippen LogP contribution in [0.2, 0.25) is 0 Å². The maximum Gasteiger partial charge on any atom is 0.0294 e. The minimum absolute atomic E-state index is 0.467. The zero-order valence-electron chi connectivity index (χ0n) is 11.5. The SMILES string of the molecule is Cc1ccc(C(C)NC2CCN(C3CC3)C2)cc1.